The molecule has 0 spiro atoms. The maximum absolute atomic E-state index is 13.6. The average Bonchev–Trinajstić information content (AvgIpc) is 2.95. The third-order valence-electron chi connectivity index (χ3n) is 6.99. The number of nitrogens with zero attached hydrogens (tertiary/aromatic N) is 2. The SMILES string of the molecule is CCC(Oc1ccc2c(c1)C(c1ccccc1)N(C(=O)c1ccccc1)CC2)C(=O)N1CCSCC1. The number of hydrogen-bond acceptors (Lipinski definition) is 4. The number of amides is 2. The van der Waals surface area contributed by atoms with E-state index in [1.807, 2.05) is 89.1 Å². The summed E-state index contributed by atoms with van der Waals surface area (Å²) in [4.78, 5) is 30.6. The second kappa shape index (κ2) is 11.2. The third kappa shape index (κ3) is 5.14. The predicted molar refractivity (Wildman–Crippen MR) is 145 cm³/mol. The molecule has 2 atom stereocenters. The van der Waals surface area contributed by atoms with Gasteiger partial charge in [-0.05, 0) is 53.8 Å². The van der Waals surface area contributed by atoms with Gasteiger partial charge in [0.1, 0.15) is 5.75 Å². The normalized spacial score (nSPS) is 18.3. The van der Waals surface area contributed by atoms with Crippen molar-refractivity contribution in [1.29, 1.82) is 0 Å². The highest BCUT2D eigenvalue weighted by atomic mass is 32.2. The first-order chi connectivity index (χ1) is 17.7. The van der Waals surface area contributed by atoms with Crippen LogP contribution >= 0.6 is 11.8 Å². The standard InChI is InChI=1S/C30H32N2O3S/c1-2-27(30(34)31-17-19-36-20-18-31)35-25-14-13-22-15-16-32(29(33)24-11-7-4-8-12-24)28(26(22)21-25)23-9-5-3-6-10-23/h3-14,21,27-28H,2,15-20H2,1H3. The molecule has 2 aliphatic rings. The van der Waals surface area contributed by atoms with Gasteiger partial charge in [-0.2, -0.15) is 11.8 Å². The Hall–Kier alpha value is -3.25. The first-order valence-corrected chi connectivity index (χ1v) is 13.9. The van der Waals surface area contributed by atoms with Crippen LogP contribution in [0.1, 0.15) is 46.4 Å². The van der Waals surface area contributed by atoms with Gasteiger partial charge in [-0.3, -0.25) is 9.59 Å². The van der Waals surface area contributed by atoms with Crippen LogP contribution < -0.4 is 4.74 Å². The molecule has 2 amide bonds. The Kier molecular flexibility index (Phi) is 7.61. The highest BCUT2D eigenvalue weighted by molar-refractivity contribution is 7.99. The zero-order valence-corrected chi connectivity index (χ0v) is 21.5. The summed E-state index contributed by atoms with van der Waals surface area (Å²) in [5, 5.41) is 0. The van der Waals surface area contributed by atoms with E-state index in [1.165, 1.54) is 5.56 Å². The van der Waals surface area contributed by atoms with Crippen molar-refractivity contribution in [2.45, 2.75) is 31.9 Å². The lowest BCUT2D eigenvalue weighted by molar-refractivity contribution is -0.138. The van der Waals surface area contributed by atoms with E-state index in [-0.39, 0.29) is 17.9 Å². The summed E-state index contributed by atoms with van der Waals surface area (Å²) in [6.07, 6.45) is 0.881. The van der Waals surface area contributed by atoms with Crippen LogP contribution in [-0.4, -0.2) is 58.9 Å². The van der Waals surface area contributed by atoms with Crippen LogP contribution in [0.5, 0.6) is 5.75 Å². The summed E-state index contributed by atoms with van der Waals surface area (Å²) in [5.41, 5.74) is 4.02. The van der Waals surface area contributed by atoms with E-state index in [9.17, 15) is 9.59 Å². The lowest BCUT2D eigenvalue weighted by Crippen LogP contribution is -2.45. The molecule has 2 unspecified atom stereocenters. The smallest absolute Gasteiger partial charge is 0.263 e. The Morgan fingerprint density at radius 2 is 1.64 bits per heavy atom. The summed E-state index contributed by atoms with van der Waals surface area (Å²) < 4.78 is 6.31. The van der Waals surface area contributed by atoms with Crippen LogP contribution in [0.2, 0.25) is 0 Å². The van der Waals surface area contributed by atoms with Gasteiger partial charge in [0.05, 0.1) is 6.04 Å². The fourth-order valence-electron chi connectivity index (χ4n) is 5.09. The molecule has 1 saturated heterocycles. The Balaban J connectivity index is 1.46. The molecule has 186 valence electrons. The maximum atomic E-state index is 13.6. The molecule has 2 aliphatic heterocycles. The first-order valence-electron chi connectivity index (χ1n) is 12.7. The molecular weight excluding hydrogens is 468 g/mol. The molecular formula is C30H32N2O3S. The van der Waals surface area contributed by atoms with Gasteiger partial charge in [0.2, 0.25) is 0 Å². The minimum Gasteiger partial charge on any atom is -0.481 e. The van der Waals surface area contributed by atoms with E-state index < -0.39 is 6.10 Å². The van der Waals surface area contributed by atoms with E-state index in [0.29, 0.717) is 24.3 Å². The minimum atomic E-state index is -0.507. The number of fused-ring (bicyclic) bond motifs is 1. The Morgan fingerprint density at radius 3 is 2.33 bits per heavy atom. The monoisotopic (exact) mass is 500 g/mol. The van der Waals surface area contributed by atoms with Crippen LogP contribution in [0.3, 0.4) is 0 Å². The maximum Gasteiger partial charge on any atom is 0.263 e. The van der Waals surface area contributed by atoms with Gasteiger partial charge in [0.15, 0.2) is 6.10 Å². The highest BCUT2D eigenvalue weighted by Crippen LogP contribution is 2.38. The van der Waals surface area contributed by atoms with Crippen molar-refractivity contribution in [3.8, 4) is 5.75 Å². The fourth-order valence-corrected chi connectivity index (χ4v) is 5.99. The molecule has 5 rings (SSSR count). The number of ether oxygens (including phenoxy) is 1. The number of carbonyl (C=O) groups excluding carboxylic acids is 2. The van der Waals surface area contributed by atoms with Crippen molar-refractivity contribution in [1.82, 2.24) is 9.80 Å². The number of hydrogen-bond donors (Lipinski definition) is 0. The van der Waals surface area contributed by atoms with E-state index in [1.54, 1.807) is 0 Å². The van der Waals surface area contributed by atoms with Crippen molar-refractivity contribution in [3.05, 3.63) is 101 Å². The van der Waals surface area contributed by atoms with Gasteiger partial charge < -0.3 is 14.5 Å². The second-order valence-electron chi connectivity index (χ2n) is 9.24. The molecule has 5 nitrogen and oxygen atoms in total. The molecule has 36 heavy (non-hydrogen) atoms. The molecule has 0 aliphatic carbocycles. The number of thioether (sulfide) groups is 1. The lowest BCUT2D eigenvalue weighted by atomic mass is 9.87. The van der Waals surface area contributed by atoms with E-state index in [2.05, 4.69) is 18.2 Å². The lowest BCUT2D eigenvalue weighted by Gasteiger charge is -2.38. The summed E-state index contributed by atoms with van der Waals surface area (Å²) in [6, 6.07) is 25.5. The van der Waals surface area contributed by atoms with Crippen LogP contribution in [0.25, 0.3) is 0 Å². The molecule has 6 heteroatoms. The number of carbonyl (C=O) groups is 2. The summed E-state index contributed by atoms with van der Waals surface area (Å²) >= 11 is 1.89. The largest absolute Gasteiger partial charge is 0.481 e. The van der Waals surface area contributed by atoms with Gasteiger partial charge >= 0.3 is 0 Å². The van der Waals surface area contributed by atoms with Gasteiger partial charge in [0.25, 0.3) is 11.8 Å². The highest BCUT2D eigenvalue weighted by Gasteiger charge is 2.33. The summed E-state index contributed by atoms with van der Waals surface area (Å²) in [5.74, 6) is 2.72. The minimum absolute atomic E-state index is 0.0194. The van der Waals surface area contributed by atoms with Crippen LogP contribution in [-0.2, 0) is 11.2 Å². The molecule has 0 saturated carbocycles. The van der Waals surface area contributed by atoms with E-state index >= 15 is 0 Å². The number of rotatable bonds is 6. The van der Waals surface area contributed by atoms with Crippen molar-refractivity contribution in [3.63, 3.8) is 0 Å². The Labute approximate surface area is 217 Å². The Morgan fingerprint density at radius 1 is 0.944 bits per heavy atom. The quantitative estimate of drug-likeness (QED) is 0.466. The topological polar surface area (TPSA) is 49.9 Å². The molecule has 0 N–H and O–H groups in total. The van der Waals surface area contributed by atoms with E-state index in [0.717, 1.165) is 42.1 Å². The first kappa shape index (κ1) is 24.4. The fraction of sp³-hybridized carbons (Fsp3) is 0.333. The van der Waals surface area contributed by atoms with Crippen LogP contribution in [0.4, 0.5) is 0 Å². The van der Waals surface area contributed by atoms with Crippen LogP contribution in [0, 0.1) is 0 Å². The zero-order chi connectivity index (χ0) is 24.9. The molecule has 1 fully saturated rings. The Bertz CT molecular complexity index is 1200. The van der Waals surface area contributed by atoms with Gasteiger partial charge in [0, 0.05) is 36.7 Å². The molecule has 0 aromatic heterocycles. The molecule has 0 radical (unpaired) electrons. The average molecular weight is 501 g/mol. The summed E-state index contributed by atoms with van der Waals surface area (Å²) in [7, 11) is 0. The molecule has 0 bridgehead atoms. The van der Waals surface area contributed by atoms with Gasteiger partial charge in [-0.25, -0.2) is 0 Å². The zero-order valence-electron chi connectivity index (χ0n) is 20.6. The summed E-state index contributed by atoms with van der Waals surface area (Å²) in [6.45, 7) is 4.19. The molecule has 3 aromatic rings. The number of benzene rings is 3. The van der Waals surface area contributed by atoms with Crippen molar-refractivity contribution in [2.24, 2.45) is 0 Å². The van der Waals surface area contributed by atoms with Gasteiger partial charge in [-0.15, -0.1) is 0 Å². The molecule has 2 heterocycles. The second-order valence-corrected chi connectivity index (χ2v) is 10.5. The van der Waals surface area contributed by atoms with Crippen molar-refractivity contribution in [2.75, 3.05) is 31.1 Å². The van der Waals surface area contributed by atoms with Gasteiger partial charge in [-0.1, -0.05) is 61.5 Å². The van der Waals surface area contributed by atoms with Crippen molar-refractivity contribution < 1.29 is 14.3 Å². The third-order valence-corrected chi connectivity index (χ3v) is 7.93. The van der Waals surface area contributed by atoms with Crippen molar-refractivity contribution >= 4 is 23.6 Å². The van der Waals surface area contributed by atoms with Crippen LogP contribution in [0.15, 0.2) is 78.9 Å². The van der Waals surface area contributed by atoms with E-state index in [4.69, 9.17) is 4.74 Å². The molecule has 3 aromatic carbocycles. The predicted octanol–water partition coefficient (Wildman–Crippen LogP) is 5.21.